The Hall–Kier alpha value is -1.37. The fraction of sp³-hybridized carbons (Fsp3) is 0.308. The average Bonchev–Trinajstić information content (AvgIpc) is 2.14. The Morgan fingerprint density at radius 1 is 0.929 bits per heavy atom. The van der Waals surface area contributed by atoms with Crippen molar-refractivity contribution in [1.82, 2.24) is 0 Å². The fourth-order valence-electron chi connectivity index (χ4n) is 0.758. The zero-order valence-corrected chi connectivity index (χ0v) is 9.37. The largest absolute Gasteiger partial charge is 0.299 e. The standard InChI is InChI=1S/C13H18O/c1-11(2)13(4)9-5-7-12(3)8-6-10-14/h5-10H,1-4H3/b8-6+,9-5+,12-7+. The van der Waals surface area contributed by atoms with Crippen LogP contribution in [-0.4, -0.2) is 6.29 Å². The van der Waals surface area contributed by atoms with Crippen LogP contribution in [0.1, 0.15) is 27.7 Å². The molecular weight excluding hydrogens is 172 g/mol. The van der Waals surface area contributed by atoms with Gasteiger partial charge >= 0.3 is 0 Å². The van der Waals surface area contributed by atoms with Gasteiger partial charge in [0.05, 0.1) is 0 Å². The third-order valence-electron chi connectivity index (χ3n) is 1.93. The van der Waals surface area contributed by atoms with E-state index < -0.39 is 0 Å². The van der Waals surface area contributed by atoms with Gasteiger partial charge in [0.1, 0.15) is 6.29 Å². The normalized spacial score (nSPS) is 12.4. The fourth-order valence-corrected chi connectivity index (χ4v) is 0.758. The van der Waals surface area contributed by atoms with Crippen molar-refractivity contribution < 1.29 is 4.79 Å². The van der Waals surface area contributed by atoms with Crippen LogP contribution in [0.25, 0.3) is 0 Å². The van der Waals surface area contributed by atoms with Gasteiger partial charge in [0.15, 0.2) is 0 Å². The third-order valence-corrected chi connectivity index (χ3v) is 1.93. The summed E-state index contributed by atoms with van der Waals surface area (Å²) >= 11 is 0. The van der Waals surface area contributed by atoms with Crippen LogP contribution < -0.4 is 0 Å². The smallest absolute Gasteiger partial charge is 0.142 e. The quantitative estimate of drug-likeness (QED) is 0.376. The number of aldehydes is 1. The van der Waals surface area contributed by atoms with Gasteiger partial charge in [-0.2, -0.15) is 0 Å². The van der Waals surface area contributed by atoms with Gasteiger partial charge < -0.3 is 0 Å². The topological polar surface area (TPSA) is 17.1 Å². The molecule has 76 valence electrons. The summed E-state index contributed by atoms with van der Waals surface area (Å²) in [6, 6.07) is 0. The van der Waals surface area contributed by atoms with Crippen LogP contribution in [0.2, 0.25) is 0 Å². The van der Waals surface area contributed by atoms with Crippen molar-refractivity contribution in [1.29, 1.82) is 0 Å². The molecule has 0 saturated carbocycles. The lowest BCUT2D eigenvalue weighted by Gasteiger charge is -1.93. The summed E-state index contributed by atoms with van der Waals surface area (Å²) in [5.74, 6) is 0. The Labute approximate surface area is 86.5 Å². The predicted molar refractivity (Wildman–Crippen MR) is 62.1 cm³/mol. The molecule has 0 radical (unpaired) electrons. The average molecular weight is 190 g/mol. The minimum absolute atomic E-state index is 0.780. The molecule has 1 heteroatoms. The van der Waals surface area contributed by atoms with Gasteiger partial charge in [-0.3, -0.25) is 4.79 Å². The molecule has 0 bridgehead atoms. The molecule has 14 heavy (non-hydrogen) atoms. The second-order valence-corrected chi connectivity index (χ2v) is 3.45. The molecule has 0 rings (SSSR count). The zero-order valence-electron chi connectivity index (χ0n) is 9.37. The summed E-state index contributed by atoms with van der Waals surface area (Å²) in [7, 11) is 0. The highest BCUT2D eigenvalue weighted by Gasteiger charge is 1.83. The maximum absolute atomic E-state index is 10.0. The lowest BCUT2D eigenvalue weighted by molar-refractivity contribution is -0.104. The van der Waals surface area contributed by atoms with Gasteiger partial charge in [-0.1, -0.05) is 41.0 Å². The summed E-state index contributed by atoms with van der Waals surface area (Å²) in [6.07, 6.45) is 10.1. The number of hydrogen-bond acceptors (Lipinski definition) is 1. The summed E-state index contributed by atoms with van der Waals surface area (Å²) in [5, 5.41) is 0. The van der Waals surface area contributed by atoms with E-state index >= 15 is 0 Å². The predicted octanol–water partition coefficient (Wildman–Crippen LogP) is 3.60. The van der Waals surface area contributed by atoms with Crippen molar-refractivity contribution in [2.24, 2.45) is 0 Å². The van der Waals surface area contributed by atoms with Crippen molar-refractivity contribution >= 4 is 6.29 Å². The second kappa shape index (κ2) is 7.07. The van der Waals surface area contributed by atoms with Crippen LogP contribution in [0.15, 0.2) is 47.1 Å². The molecule has 0 aliphatic carbocycles. The molecule has 0 aliphatic heterocycles. The van der Waals surface area contributed by atoms with Crippen LogP contribution in [-0.2, 0) is 4.79 Å². The van der Waals surface area contributed by atoms with Crippen LogP contribution in [0, 0.1) is 0 Å². The van der Waals surface area contributed by atoms with E-state index in [0.717, 1.165) is 11.9 Å². The number of rotatable bonds is 4. The molecule has 0 aromatic carbocycles. The molecule has 0 unspecified atom stereocenters. The van der Waals surface area contributed by atoms with Gasteiger partial charge in [-0.05, 0) is 33.8 Å². The summed E-state index contributed by atoms with van der Waals surface area (Å²) in [6.45, 7) is 8.21. The Morgan fingerprint density at radius 2 is 1.57 bits per heavy atom. The monoisotopic (exact) mass is 190 g/mol. The van der Waals surface area contributed by atoms with E-state index in [1.807, 2.05) is 19.1 Å². The van der Waals surface area contributed by atoms with E-state index in [-0.39, 0.29) is 0 Å². The Bertz CT molecular complexity index is 297. The Morgan fingerprint density at radius 3 is 2.07 bits per heavy atom. The number of allylic oxidation sites excluding steroid dienone is 8. The first-order valence-corrected chi connectivity index (χ1v) is 4.69. The van der Waals surface area contributed by atoms with Crippen molar-refractivity contribution in [3.63, 3.8) is 0 Å². The van der Waals surface area contributed by atoms with Crippen molar-refractivity contribution in [2.45, 2.75) is 27.7 Å². The first-order valence-electron chi connectivity index (χ1n) is 4.69. The van der Waals surface area contributed by atoms with E-state index in [9.17, 15) is 4.79 Å². The minimum Gasteiger partial charge on any atom is -0.299 e. The molecule has 0 spiro atoms. The van der Waals surface area contributed by atoms with Gasteiger partial charge in [0.25, 0.3) is 0 Å². The van der Waals surface area contributed by atoms with E-state index in [0.29, 0.717) is 0 Å². The highest BCUT2D eigenvalue weighted by Crippen LogP contribution is 2.04. The molecule has 0 atom stereocenters. The van der Waals surface area contributed by atoms with E-state index in [2.05, 4.69) is 26.8 Å². The highest BCUT2D eigenvalue weighted by atomic mass is 16.1. The maximum atomic E-state index is 10.0. The van der Waals surface area contributed by atoms with Crippen LogP contribution in [0.3, 0.4) is 0 Å². The summed E-state index contributed by atoms with van der Waals surface area (Å²) in [4.78, 5) is 10.0. The molecule has 0 aromatic heterocycles. The van der Waals surface area contributed by atoms with Gasteiger partial charge in [-0.25, -0.2) is 0 Å². The lowest BCUT2D eigenvalue weighted by atomic mass is 10.1. The molecule has 0 saturated heterocycles. The van der Waals surface area contributed by atoms with Crippen molar-refractivity contribution in [2.75, 3.05) is 0 Å². The second-order valence-electron chi connectivity index (χ2n) is 3.45. The molecule has 0 amide bonds. The molecule has 0 aromatic rings. The first-order chi connectivity index (χ1) is 6.57. The summed E-state index contributed by atoms with van der Waals surface area (Å²) in [5.41, 5.74) is 3.65. The van der Waals surface area contributed by atoms with Crippen LogP contribution >= 0.6 is 0 Å². The first kappa shape index (κ1) is 12.6. The third kappa shape index (κ3) is 6.18. The van der Waals surface area contributed by atoms with Gasteiger partial charge in [0, 0.05) is 0 Å². The van der Waals surface area contributed by atoms with Crippen LogP contribution in [0.5, 0.6) is 0 Å². The van der Waals surface area contributed by atoms with E-state index in [1.54, 1.807) is 6.08 Å². The lowest BCUT2D eigenvalue weighted by Crippen LogP contribution is -1.73. The number of carbonyl (C=O) groups is 1. The zero-order chi connectivity index (χ0) is 11.0. The molecule has 0 aliphatic rings. The van der Waals surface area contributed by atoms with E-state index in [1.165, 1.54) is 17.2 Å². The Kier molecular flexibility index (Phi) is 6.38. The van der Waals surface area contributed by atoms with Crippen molar-refractivity contribution in [3.05, 3.63) is 47.1 Å². The molecule has 1 nitrogen and oxygen atoms in total. The SMILES string of the molecule is CC(C)=C(C)/C=C/C=C(C)/C=C/C=O. The van der Waals surface area contributed by atoms with Gasteiger partial charge in [0.2, 0.25) is 0 Å². The Balaban J connectivity index is 4.35. The molecule has 0 fully saturated rings. The number of carbonyl (C=O) groups excluding carboxylic acids is 1. The van der Waals surface area contributed by atoms with Crippen molar-refractivity contribution in [3.8, 4) is 0 Å². The minimum atomic E-state index is 0.780. The number of hydrogen-bond donors (Lipinski definition) is 0. The maximum Gasteiger partial charge on any atom is 0.142 e. The molecule has 0 heterocycles. The van der Waals surface area contributed by atoms with Crippen LogP contribution in [0.4, 0.5) is 0 Å². The summed E-state index contributed by atoms with van der Waals surface area (Å²) < 4.78 is 0. The molecular formula is C13H18O. The highest BCUT2D eigenvalue weighted by molar-refractivity contribution is 5.65. The molecule has 0 N–H and O–H groups in total. The van der Waals surface area contributed by atoms with Gasteiger partial charge in [-0.15, -0.1) is 0 Å². The van der Waals surface area contributed by atoms with E-state index in [4.69, 9.17) is 0 Å².